The number of alkyl halides is 3. The van der Waals surface area contributed by atoms with Gasteiger partial charge >= 0.3 is 20.0 Å². The number of anilines is 1. The van der Waals surface area contributed by atoms with Crippen molar-refractivity contribution in [1.29, 1.82) is 0 Å². The lowest BCUT2D eigenvalue weighted by molar-refractivity contribution is -0.140. The third kappa shape index (κ3) is 10.8. The second-order valence-corrected chi connectivity index (χ2v) is 14.1. The van der Waals surface area contributed by atoms with Crippen LogP contribution < -0.4 is 16.0 Å². The molecule has 1 aliphatic carbocycles. The molecule has 1 fully saturated rings. The number of nitrogens with zero attached hydrogens (tertiary/aromatic N) is 3. The Balaban J connectivity index is 1.47. The van der Waals surface area contributed by atoms with Crippen molar-refractivity contribution in [3.05, 3.63) is 95.1 Å². The molecular weight excluding hydrogens is 741 g/mol. The van der Waals surface area contributed by atoms with Gasteiger partial charge in [-0.2, -0.15) is 13.2 Å². The van der Waals surface area contributed by atoms with Gasteiger partial charge in [0, 0.05) is 35.6 Å². The number of para-hydroxylation sites is 1. The summed E-state index contributed by atoms with van der Waals surface area (Å²) in [5.41, 5.74) is 5.72. The zero-order chi connectivity index (χ0) is 39.2. The lowest BCUT2D eigenvalue weighted by Gasteiger charge is -2.28. The molecule has 0 spiro atoms. The lowest BCUT2D eigenvalue weighted by atomic mass is 9.82. The predicted octanol–water partition coefficient (Wildman–Crippen LogP) is 4.52. The van der Waals surface area contributed by atoms with Gasteiger partial charge in [0.15, 0.2) is 6.73 Å². The van der Waals surface area contributed by atoms with Crippen LogP contribution >= 0.6 is 7.82 Å². The van der Waals surface area contributed by atoms with Crippen LogP contribution in [0.3, 0.4) is 0 Å². The molecule has 5 N–H and O–H groups in total. The van der Waals surface area contributed by atoms with E-state index in [-0.39, 0.29) is 47.0 Å². The molecule has 14 nitrogen and oxygen atoms in total. The zero-order valence-electron chi connectivity index (χ0n) is 28.4. The maximum absolute atomic E-state index is 15.8. The number of nitrogens with two attached hydrogens (primary N) is 1. The number of aliphatic imine (C=N–C) groups is 1. The standard InChI is InChI=1S/C35H36F4N5O9P/c36-26-10-4-8-24-28(22-6-2-1-3-7-22)42-31(43-32(46)23(9-5-15-35(37,38)39)25(30(40)45)16-20-11-12-20)33(47)44(29(24)26)19-52-34(48)27-14-13-21(17-41-27)18-53-54(49,50)51/h1-4,6-8,10,13-14,17,20,23,25,31H,5,9,11-12,15-16,18-19H2,(H2,40,45)(H,43,46)(H2,49,50,51). The first-order valence-electron chi connectivity index (χ1n) is 16.7. The van der Waals surface area contributed by atoms with Crippen molar-refractivity contribution >= 4 is 42.9 Å². The second kappa shape index (κ2) is 17.0. The Morgan fingerprint density at radius 2 is 1.76 bits per heavy atom. The van der Waals surface area contributed by atoms with Gasteiger partial charge in [-0.1, -0.05) is 61.4 Å². The fourth-order valence-corrected chi connectivity index (χ4v) is 6.31. The smallest absolute Gasteiger partial charge is 0.439 e. The molecule has 1 aromatic heterocycles. The van der Waals surface area contributed by atoms with Crippen LogP contribution in [0.25, 0.3) is 0 Å². The number of halogens is 4. The minimum absolute atomic E-state index is 0.0467. The highest BCUT2D eigenvalue weighted by atomic mass is 31.2. The van der Waals surface area contributed by atoms with E-state index in [2.05, 4.69) is 19.8 Å². The number of esters is 1. The van der Waals surface area contributed by atoms with Crippen LogP contribution in [0.2, 0.25) is 0 Å². The number of ether oxygens (including phenoxy) is 1. The molecular formula is C35H36F4N5O9P. The van der Waals surface area contributed by atoms with Gasteiger partial charge in [-0.15, -0.1) is 0 Å². The summed E-state index contributed by atoms with van der Waals surface area (Å²) in [6.07, 6.45) is -5.70. The number of fused-ring (bicyclic) bond motifs is 1. The molecule has 2 aliphatic rings. The Morgan fingerprint density at radius 3 is 2.37 bits per heavy atom. The quantitative estimate of drug-likeness (QED) is 0.0908. The number of primary amides is 1. The summed E-state index contributed by atoms with van der Waals surface area (Å²) in [5, 5.41) is 2.47. The van der Waals surface area contributed by atoms with Crippen LogP contribution in [0.1, 0.15) is 65.7 Å². The van der Waals surface area contributed by atoms with Crippen molar-refractivity contribution in [3.63, 3.8) is 0 Å². The number of benzene rings is 2. The van der Waals surface area contributed by atoms with Gasteiger partial charge in [0.05, 0.1) is 18.0 Å². The van der Waals surface area contributed by atoms with E-state index in [1.807, 2.05) is 0 Å². The van der Waals surface area contributed by atoms with Gasteiger partial charge in [0.25, 0.3) is 5.91 Å². The van der Waals surface area contributed by atoms with Gasteiger partial charge < -0.3 is 25.6 Å². The maximum atomic E-state index is 15.8. The molecule has 1 saturated carbocycles. The highest BCUT2D eigenvalue weighted by Crippen LogP contribution is 2.39. The fourth-order valence-electron chi connectivity index (χ4n) is 6.00. The van der Waals surface area contributed by atoms with Crippen LogP contribution in [0.5, 0.6) is 0 Å². The van der Waals surface area contributed by atoms with Crippen LogP contribution in [0.4, 0.5) is 23.2 Å². The van der Waals surface area contributed by atoms with Crippen molar-refractivity contribution in [2.45, 2.75) is 57.5 Å². The van der Waals surface area contributed by atoms with Crippen LogP contribution in [-0.2, 0) is 34.8 Å². The molecule has 5 rings (SSSR count). The Hall–Kier alpha value is -5.03. The number of carbonyl (C=O) groups is 4. The van der Waals surface area contributed by atoms with E-state index >= 15 is 4.39 Å². The third-order valence-electron chi connectivity index (χ3n) is 8.80. The van der Waals surface area contributed by atoms with E-state index < -0.39 is 87.7 Å². The SMILES string of the molecule is NC(=O)C(CC1CC1)C(CCCC(F)(F)F)C(=O)NC1N=C(c2ccccc2)c2cccc(F)c2N(COC(=O)c2ccc(COP(=O)(O)O)cn2)C1=O. The molecule has 0 saturated heterocycles. The van der Waals surface area contributed by atoms with Crippen LogP contribution in [0.15, 0.2) is 71.9 Å². The first-order valence-corrected chi connectivity index (χ1v) is 18.3. The molecule has 3 aromatic rings. The number of nitrogens with one attached hydrogen (secondary N) is 1. The van der Waals surface area contributed by atoms with Crippen LogP contribution in [0, 0.1) is 23.6 Å². The molecule has 1 aliphatic heterocycles. The minimum atomic E-state index is -4.78. The molecule has 3 unspecified atom stereocenters. The first kappa shape index (κ1) is 40.2. The lowest BCUT2D eigenvalue weighted by Crippen LogP contribution is -2.51. The van der Waals surface area contributed by atoms with E-state index in [9.17, 15) is 36.9 Å². The van der Waals surface area contributed by atoms with E-state index in [1.165, 1.54) is 18.2 Å². The number of amides is 3. The number of phosphoric acid groups is 1. The summed E-state index contributed by atoms with van der Waals surface area (Å²) in [6.45, 7) is -1.45. The van der Waals surface area contributed by atoms with Gasteiger partial charge in [-0.3, -0.25) is 23.8 Å². The van der Waals surface area contributed by atoms with E-state index in [0.717, 1.165) is 36.1 Å². The highest BCUT2D eigenvalue weighted by Gasteiger charge is 2.41. The second-order valence-electron chi connectivity index (χ2n) is 12.8. The molecule has 3 atom stereocenters. The zero-order valence-corrected chi connectivity index (χ0v) is 29.3. The topological polar surface area (TPSA) is 211 Å². The number of hydrogen-bond acceptors (Lipinski definition) is 9. The summed E-state index contributed by atoms with van der Waals surface area (Å²) in [6, 6.07) is 14.5. The summed E-state index contributed by atoms with van der Waals surface area (Å²) in [4.78, 5) is 80.9. The van der Waals surface area contributed by atoms with E-state index in [0.29, 0.717) is 5.56 Å². The molecule has 3 amide bonds. The Labute approximate surface area is 306 Å². The van der Waals surface area contributed by atoms with Crippen molar-refractivity contribution < 1.29 is 60.4 Å². The van der Waals surface area contributed by atoms with Gasteiger partial charge in [-0.25, -0.2) is 23.7 Å². The van der Waals surface area contributed by atoms with E-state index in [1.54, 1.807) is 30.3 Å². The summed E-state index contributed by atoms with van der Waals surface area (Å²) in [5.74, 6) is -7.39. The van der Waals surface area contributed by atoms with Gasteiger partial charge in [0.1, 0.15) is 11.5 Å². The number of phosphoric ester groups is 1. The molecule has 288 valence electrons. The molecule has 54 heavy (non-hydrogen) atoms. The minimum Gasteiger partial charge on any atom is -0.439 e. The number of pyridine rings is 1. The summed E-state index contributed by atoms with van der Waals surface area (Å²) < 4.78 is 75.9. The molecule has 2 aromatic carbocycles. The van der Waals surface area contributed by atoms with E-state index in [4.69, 9.17) is 20.3 Å². The van der Waals surface area contributed by atoms with Gasteiger partial charge in [0.2, 0.25) is 18.0 Å². The number of aromatic nitrogens is 1. The first-order chi connectivity index (χ1) is 25.5. The fraction of sp³-hybridized carbons (Fsp3) is 0.371. The van der Waals surface area contributed by atoms with Gasteiger partial charge in [-0.05, 0) is 42.9 Å². The third-order valence-corrected chi connectivity index (χ3v) is 9.27. The number of carbonyl (C=O) groups excluding carboxylic acids is 4. The largest absolute Gasteiger partial charge is 0.469 e. The van der Waals surface area contributed by atoms with Crippen molar-refractivity contribution in [2.24, 2.45) is 28.5 Å². The molecule has 0 bridgehead atoms. The van der Waals surface area contributed by atoms with Crippen molar-refractivity contribution in [3.8, 4) is 0 Å². The summed E-state index contributed by atoms with van der Waals surface area (Å²) in [7, 11) is -4.78. The maximum Gasteiger partial charge on any atom is 0.469 e. The Kier molecular flexibility index (Phi) is 12.6. The van der Waals surface area contributed by atoms with Crippen molar-refractivity contribution in [1.82, 2.24) is 10.3 Å². The molecule has 19 heteroatoms. The number of rotatable bonds is 16. The normalized spacial score (nSPS) is 17.1. The monoisotopic (exact) mass is 777 g/mol. The highest BCUT2D eigenvalue weighted by molar-refractivity contribution is 7.46. The predicted molar refractivity (Wildman–Crippen MR) is 183 cm³/mol. The number of hydrogen-bond donors (Lipinski definition) is 4. The number of benzodiazepines with no additional fused rings is 1. The van der Waals surface area contributed by atoms with Crippen molar-refractivity contribution in [2.75, 3.05) is 11.6 Å². The Bertz CT molecular complexity index is 1940. The Morgan fingerprint density at radius 1 is 1.04 bits per heavy atom. The average Bonchev–Trinajstić information content (AvgIpc) is 3.95. The molecule has 2 heterocycles. The summed E-state index contributed by atoms with van der Waals surface area (Å²) >= 11 is 0. The molecule has 0 radical (unpaired) electrons. The average molecular weight is 778 g/mol. The van der Waals surface area contributed by atoms with Crippen LogP contribution in [-0.4, -0.2) is 63.2 Å².